The number of alkyl halides is 3. The number of ether oxygens (including phenoxy) is 1. The van der Waals surface area contributed by atoms with Crippen LogP contribution in [0.15, 0.2) is 42.2 Å². The van der Waals surface area contributed by atoms with Gasteiger partial charge < -0.3 is 10.1 Å². The molecule has 1 aliphatic carbocycles. The lowest BCUT2D eigenvalue weighted by Gasteiger charge is -2.34. The second-order valence-corrected chi connectivity index (χ2v) is 8.82. The van der Waals surface area contributed by atoms with Crippen molar-refractivity contribution in [3.05, 3.63) is 53.6 Å². The Kier molecular flexibility index (Phi) is 6.11. The molecule has 13 heteroatoms. The SMILES string of the molecule is CCOC1CC(n2cc(NC(=O)c3csc(-c4cn[nH]c4)n3)c(-c3cccc(C(F)(F)F)n3)n2)C1. The fourth-order valence-electron chi connectivity index (χ4n) is 3.77. The first-order valence-electron chi connectivity index (χ1n) is 10.8. The summed E-state index contributed by atoms with van der Waals surface area (Å²) in [5.74, 6) is -0.510. The van der Waals surface area contributed by atoms with Crippen molar-refractivity contribution in [1.82, 2.24) is 29.9 Å². The van der Waals surface area contributed by atoms with Crippen LogP contribution in [0.4, 0.5) is 18.9 Å². The second-order valence-electron chi connectivity index (χ2n) is 7.96. The molecule has 35 heavy (non-hydrogen) atoms. The summed E-state index contributed by atoms with van der Waals surface area (Å²) in [5.41, 5.74) is 0.277. The molecular formula is C22H20F3N7O2S. The minimum Gasteiger partial charge on any atom is -0.378 e. The zero-order valence-electron chi connectivity index (χ0n) is 18.4. The lowest BCUT2D eigenvalue weighted by molar-refractivity contribution is -0.141. The van der Waals surface area contributed by atoms with Gasteiger partial charge in [0.15, 0.2) is 0 Å². The van der Waals surface area contributed by atoms with Gasteiger partial charge in [0.05, 0.1) is 29.7 Å². The maximum absolute atomic E-state index is 13.3. The molecule has 0 atom stereocenters. The summed E-state index contributed by atoms with van der Waals surface area (Å²) in [6.45, 7) is 2.52. The number of amides is 1. The summed E-state index contributed by atoms with van der Waals surface area (Å²) in [6.07, 6.45) is 1.82. The molecule has 1 amide bonds. The summed E-state index contributed by atoms with van der Waals surface area (Å²) in [5, 5.41) is 16.0. The molecular weight excluding hydrogens is 483 g/mol. The van der Waals surface area contributed by atoms with Crippen LogP contribution in [0.1, 0.15) is 42.0 Å². The van der Waals surface area contributed by atoms with Crippen LogP contribution >= 0.6 is 11.3 Å². The summed E-state index contributed by atoms with van der Waals surface area (Å²) in [7, 11) is 0. The van der Waals surface area contributed by atoms with Crippen LogP contribution in [0, 0.1) is 0 Å². The predicted octanol–water partition coefficient (Wildman–Crippen LogP) is 4.80. The van der Waals surface area contributed by atoms with Crippen molar-refractivity contribution in [2.75, 3.05) is 11.9 Å². The molecule has 1 aliphatic rings. The predicted molar refractivity (Wildman–Crippen MR) is 122 cm³/mol. The molecule has 4 aromatic rings. The number of thiazole rings is 1. The Morgan fingerprint density at radius 2 is 2.14 bits per heavy atom. The molecule has 1 saturated carbocycles. The zero-order chi connectivity index (χ0) is 24.6. The quantitative estimate of drug-likeness (QED) is 0.375. The number of carbonyl (C=O) groups excluding carboxylic acids is 1. The van der Waals surface area contributed by atoms with Crippen molar-refractivity contribution in [1.29, 1.82) is 0 Å². The Labute approximate surface area is 201 Å². The summed E-state index contributed by atoms with van der Waals surface area (Å²) in [4.78, 5) is 21.0. The second kappa shape index (κ2) is 9.23. The van der Waals surface area contributed by atoms with Gasteiger partial charge in [-0.05, 0) is 31.9 Å². The first-order valence-corrected chi connectivity index (χ1v) is 11.7. The Hall–Kier alpha value is -3.58. The number of pyridine rings is 1. The van der Waals surface area contributed by atoms with Gasteiger partial charge in [-0.15, -0.1) is 11.3 Å². The Bertz CT molecular complexity index is 1330. The van der Waals surface area contributed by atoms with Gasteiger partial charge in [0, 0.05) is 29.9 Å². The molecule has 0 spiro atoms. The van der Waals surface area contributed by atoms with E-state index in [1.165, 1.54) is 23.5 Å². The van der Waals surface area contributed by atoms with Crippen LogP contribution in [-0.2, 0) is 10.9 Å². The minimum absolute atomic E-state index is 0.00641. The molecule has 5 rings (SSSR count). The third-order valence-corrected chi connectivity index (χ3v) is 6.48. The lowest BCUT2D eigenvalue weighted by atomic mass is 9.89. The third kappa shape index (κ3) is 4.82. The van der Waals surface area contributed by atoms with Gasteiger partial charge in [0.1, 0.15) is 22.1 Å². The maximum Gasteiger partial charge on any atom is 0.433 e. The van der Waals surface area contributed by atoms with E-state index in [1.54, 1.807) is 28.7 Å². The van der Waals surface area contributed by atoms with E-state index in [-0.39, 0.29) is 34.9 Å². The van der Waals surface area contributed by atoms with Crippen LogP contribution < -0.4 is 5.32 Å². The van der Waals surface area contributed by atoms with Gasteiger partial charge in [0.2, 0.25) is 0 Å². The van der Waals surface area contributed by atoms with Gasteiger partial charge in [0.25, 0.3) is 5.91 Å². The van der Waals surface area contributed by atoms with Gasteiger partial charge in [-0.2, -0.15) is 23.4 Å². The number of halogens is 3. The Balaban J connectivity index is 1.44. The molecule has 0 unspecified atom stereocenters. The van der Waals surface area contributed by atoms with E-state index in [4.69, 9.17) is 4.74 Å². The van der Waals surface area contributed by atoms with Crippen LogP contribution in [0.5, 0.6) is 0 Å². The standard InChI is InChI=1S/C22H20F3N7O2S/c1-2-34-14-6-13(7-14)32-10-16(19(31-32)15-4-3-5-18(28-15)22(23,24)25)29-20(33)17-11-35-21(30-17)12-8-26-27-9-12/h3-5,8-11,13-14H,2,6-7H2,1H3,(H,26,27)(H,29,33). The Morgan fingerprint density at radius 3 is 2.86 bits per heavy atom. The molecule has 2 N–H and O–H groups in total. The highest BCUT2D eigenvalue weighted by molar-refractivity contribution is 7.13. The number of nitrogens with one attached hydrogen (secondary N) is 2. The number of rotatable bonds is 7. The largest absolute Gasteiger partial charge is 0.433 e. The van der Waals surface area contributed by atoms with Crippen molar-refractivity contribution in [3.63, 3.8) is 0 Å². The van der Waals surface area contributed by atoms with Crippen LogP contribution in [0.2, 0.25) is 0 Å². The smallest absolute Gasteiger partial charge is 0.378 e. The number of nitrogens with zero attached hydrogens (tertiary/aromatic N) is 5. The molecule has 9 nitrogen and oxygen atoms in total. The van der Waals surface area contributed by atoms with Crippen molar-refractivity contribution < 1.29 is 22.7 Å². The molecule has 0 saturated heterocycles. The van der Waals surface area contributed by atoms with Crippen molar-refractivity contribution in [2.24, 2.45) is 0 Å². The minimum atomic E-state index is -4.61. The van der Waals surface area contributed by atoms with Crippen molar-refractivity contribution >= 4 is 22.9 Å². The number of aromatic amines is 1. The average Bonchev–Trinajstić information content (AvgIpc) is 3.56. The van der Waals surface area contributed by atoms with Crippen molar-refractivity contribution in [2.45, 2.75) is 38.1 Å². The van der Waals surface area contributed by atoms with E-state index >= 15 is 0 Å². The van der Waals surface area contributed by atoms with Gasteiger partial charge in [-0.25, -0.2) is 9.97 Å². The lowest BCUT2D eigenvalue weighted by Crippen LogP contribution is -2.33. The molecule has 4 aromatic heterocycles. The maximum atomic E-state index is 13.3. The number of carbonyl (C=O) groups is 1. The zero-order valence-corrected chi connectivity index (χ0v) is 19.2. The van der Waals surface area contributed by atoms with Crippen LogP contribution in [0.25, 0.3) is 22.0 Å². The number of anilines is 1. The summed E-state index contributed by atoms with van der Waals surface area (Å²) < 4.78 is 47.0. The fourth-order valence-corrected chi connectivity index (χ4v) is 4.56. The Morgan fingerprint density at radius 1 is 1.31 bits per heavy atom. The van der Waals surface area contributed by atoms with Gasteiger partial charge >= 0.3 is 6.18 Å². The summed E-state index contributed by atoms with van der Waals surface area (Å²) in [6, 6.07) is 3.60. The highest BCUT2D eigenvalue weighted by Crippen LogP contribution is 2.37. The van der Waals surface area contributed by atoms with E-state index in [9.17, 15) is 18.0 Å². The highest BCUT2D eigenvalue weighted by Gasteiger charge is 2.34. The molecule has 182 valence electrons. The van der Waals surface area contributed by atoms with E-state index < -0.39 is 17.8 Å². The average molecular weight is 504 g/mol. The van der Waals surface area contributed by atoms with Gasteiger partial charge in [-0.1, -0.05) is 6.07 Å². The van der Waals surface area contributed by atoms with E-state index in [0.717, 1.165) is 24.5 Å². The van der Waals surface area contributed by atoms with Crippen LogP contribution in [0.3, 0.4) is 0 Å². The van der Waals surface area contributed by atoms with E-state index in [2.05, 4.69) is 30.6 Å². The molecule has 4 heterocycles. The van der Waals surface area contributed by atoms with E-state index in [1.807, 2.05) is 6.92 Å². The topological polar surface area (TPSA) is 111 Å². The number of aromatic nitrogens is 6. The monoisotopic (exact) mass is 503 g/mol. The third-order valence-electron chi connectivity index (χ3n) is 5.59. The number of H-pyrrole nitrogens is 1. The first kappa shape index (κ1) is 23.2. The summed E-state index contributed by atoms with van der Waals surface area (Å²) >= 11 is 1.28. The number of hydrogen-bond donors (Lipinski definition) is 2. The molecule has 0 aromatic carbocycles. The first-order chi connectivity index (χ1) is 16.8. The molecule has 1 fully saturated rings. The number of hydrogen-bond acceptors (Lipinski definition) is 7. The highest BCUT2D eigenvalue weighted by atomic mass is 32.1. The molecule has 0 radical (unpaired) electrons. The normalized spacial score (nSPS) is 17.8. The van der Waals surface area contributed by atoms with Crippen LogP contribution in [-0.4, -0.2) is 48.6 Å². The van der Waals surface area contributed by atoms with Crippen molar-refractivity contribution in [3.8, 4) is 22.0 Å². The molecule has 0 bridgehead atoms. The fraction of sp³-hybridized carbons (Fsp3) is 0.318. The molecule has 0 aliphatic heterocycles. The van der Waals surface area contributed by atoms with Gasteiger partial charge in [-0.3, -0.25) is 14.6 Å². The van der Waals surface area contributed by atoms with E-state index in [0.29, 0.717) is 11.6 Å².